The van der Waals surface area contributed by atoms with Crippen LogP contribution in [0.15, 0.2) is 42.5 Å². The predicted octanol–water partition coefficient (Wildman–Crippen LogP) is 2.81. The molecule has 1 fully saturated rings. The van der Waals surface area contributed by atoms with Crippen LogP contribution in [0, 0.1) is 5.82 Å². The largest absolute Gasteiger partial charge is 0.496 e. The Bertz CT molecular complexity index is 758. The van der Waals surface area contributed by atoms with Crippen LogP contribution in [-0.2, 0) is 0 Å². The molecule has 0 unspecified atom stereocenters. The number of anilines is 1. The molecule has 0 N–H and O–H groups in total. The highest BCUT2D eigenvalue weighted by Gasteiger charge is 2.25. The molecule has 0 aliphatic carbocycles. The Kier molecular flexibility index (Phi) is 5.07. The molecule has 1 heterocycles. The third kappa shape index (κ3) is 3.52. The summed E-state index contributed by atoms with van der Waals surface area (Å²) in [7, 11) is 3.12. The maximum Gasteiger partial charge on any atom is 0.257 e. The van der Waals surface area contributed by atoms with E-state index >= 15 is 0 Å². The summed E-state index contributed by atoms with van der Waals surface area (Å²) in [4.78, 5) is 16.6. The summed E-state index contributed by atoms with van der Waals surface area (Å²) in [5.41, 5.74) is 1.27. The topological polar surface area (TPSA) is 42.0 Å². The number of nitrogens with zero attached hydrogens (tertiary/aromatic N) is 2. The maximum absolute atomic E-state index is 13.5. The van der Waals surface area contributed by atoms with Crippen molar-refractivity contribution in [3.05, 3.63) is 53.8 Å². The van der Waals surface area contributed by atoms with Gasteiger partial charge in [0.25, 0.3) is 5.91 Å². The smallest absolute Gasteiger partial charge is 0.257 e. The molecule has 25 heavy (non-hydrogen) atoms. The molecule has 5 nitrogen and oxygen atoms in total. The van der Waals surface area contributed by atoms with E-state index in [4.69, 9.17) is 9.47 Å². The van der Waals surface area contributed by atoms with Gasteiger partial charge >= 0.3 is 0 Å². The van der Waals surface area contributed by atoms with Crippen LogP contribution in [0.3, 0.4) is 0 Å². The van der Waals surface area contributed by atoms with Gasteiger partial charge in [-0.25, -0.2) is 4.39 Å². The number of rotatable bonds is 4. The first-order chi connectivity index (χ1) is 12.1. The van der Waals surface area contributed by atoms with Gasteiger partial charge in [0.1, 0.15) is 17.3 Å². The van der Waals surface area contributed by atoms with Gasteiger partial charge in [0.2, 0.25) is 0 Å². The molecule has 2 aromatic rings. The van der Waals surface area contributed by atoms with E-state index in [1.807, 2.05) is 24.3 Å². The van der Waals surface area contributed by atoms with Crippen LogP contribution in [0.5, 0.6) is 11.5 Å². The second-order valence-corrected chi connectivity index (χ2v) is 5.80. The number of halogens is 1. The van der Waals surface area contributed by atoms with Crippen molar-refractivity contribution in [1.82, 2.24) is 4.90 Å². The molecule has 0 atom stereocenters. The summed E-state index contributed by atoms with van der Waals surface area (Å²) >= 11 is 0. The van der Waals surface area contributed by atoms with Crippen LogP contribution in [0.2, 0.25) is 0 Å². The fourth-order valence-corrected chi connectivity index (χ4v) is 3.06. The standard InChI is InChI=1S/C19H21FN2O3/c1-24-17-8-7-14(20)13-15(17)19(23)22-11-9-21(10-12-22)16-5-3-4-6-18(16)25-2/h3-8,13H,9-12H2,1-2H3. The summed E-state index contributed by atoms with van der Waals surface area (Å²) in [5, 5.41) is 0. The monoisotopic (exact) mass is 344 g/mol. The zero-order valence-corrected chi connectivity index (χ0v) is 14.4. The molecule has 3 rings (SSSR count). The third-order valence-corrected chi connectivity index (χ3v) is 4.38. The highest BCUT2D eigenvalue weighted by atomic mass is 19.1. The van der Waals surface area contributed by atoms with Crippen molar-refractivity contribution in [2.75, 3.05) is 45.3 Å². The van der Waals surface area contributed by atoms with E-state index in [2.05, 4.69) is 4.90 Å². The van der Waals surface area contributed by atoms with Crippen molar-refractivity contribution in [2.24, 2.45) is 0 Å². The van der Waals surface area contributed by atoms with Gasteiger partial charge in [-0.05, 0) is 30.3 Å². The fourth-order valence-electron chi connectivity index (χ4n) is 3.06. The molecular weight excluding hydrogens is 323 g/mol. The van der Waals surface area contributed by atoms with Gasteiger partial charge in [-0.15, -0.1) is 0 Å². The molecule has 1 aliphatic rings. The minimum Gasteiger partial charge on any atom is -0.496 e. The lowest BCUT2D eigenvalue weighted by Crippen LogP contribution is -2.49. The van der Waals surface area contributed by atoms with Gasteiger partial charge in [-0.3, -0.25) is 4.79 Å². The van der Waals surface area contributed by atoms with Gasteiger partial charge in [-0.2, -0.15) is 0 Å². The highest BCUT2D eigenvalue weighted by molar-refractivity contribution is 5.97. The molecule has 0 saturated carbocycles. The molecule has 0 bridgehead atoms. The fraction of sp³-hybridized carbons (Fsp3) is 0.316. The van der Waals surface area contributed by atoms with E-state index in [-0.39, 0.29) is 11.5 Å². The number of carbonyl (C=O) groups is 1. The van der Waals surface area contributed by atoms with Crippen molar-refractivity contribution in [3.8, 4) is 11.5 Å². The lowest BCUT2D eigenvalue weighted by Gasteiger charge is -2.36. The molecule has 1 saturated heterocycles. The van der Waals surface area contributed by atoms with E-state index in [0.717, 1.165) is 11.4 Å². The number of benzene rings is 2. The quantitative estimate of drug-likeness (QED) is 0.855. The van der Waals surface area contributed by atoms with Gasteiger partial charge in [0.05, 0.1) is 25.5 Å². The van der Waals surface area contributed by atoms with Gasteiger partial charge in [-0.1, -0.05) is 12.1 Å². The zero-order valence-electron chi connectivity index (χ0n) is 14.4. The van der Waals surface area contributed by atoms with Crippen LogP contribution in [0.1, 0.15) is 10.4 Å². The van der Waals surface area contributed by atoms with Crippen LogP contribution < -0.4 is 14.4 Å². The normalized spacial score (nSPS) is 14.4. The summed E-state index contributed by atoms with van der Waals surface area (Å²) in [6.45, 7) is 2.47. The highest BCUT2D eigenvalue weighted by Crippen LogP contribution is 2.29. The SMILES string of the molecule is COc1ccc(F)cc1C(=O)N1CCN(c2ccccc2OC)CC1. The first-order valence-corrected chi connectivity index (χ1v) is 8.15. The van der Waals surface area contributed by atoms with E-state index < -0.39 is 5.82 Å². The number of hydrogen-bond acceptors (Lipinski definition) is 4. The zero-order chi connectivity index (χ0) is 17.8. The van der Waals surface area contributed by atoms with Crippen molar-refractivity contribution in [2.45, 2.75) is 0 Å². The Hall–Kier alpha value is -2.76. The van der Waals surface area contributed by atoms with Gasteiger partial charge in [0.15, 0.2) is 0 Å². The molecule has 132 valence electrons. The number of hydrogen-bond donors (Lipinski definition) is 0. The second kappa shape index (κ2) is 7.42. The average molecular weight is 344 g/mol. The summed E-state index contributed by atoms with van der Waals surface area (Å²) in [5.74, 6) is 0.542. The van der Waals surface area contributed by atoms with E-state index in [0.29, 0.717) is 31.9 Å². The second-order valence-electron chi connectivity index (χ2n) is 5.80. The van der Waals surface area contributed by atoms with Crippen molar-refractivity contribution in [1.29, 1.82) is 0 Å². The van der Waals surface area contributed by atoms with Gasteiger partial charge in [0, 0.05) is 26.2 Å². The van der Waals surface area contributed by atoms with Crippen molar-refractivity contribution in [3.63, 3.8) is 0 Å². The Balaban J connectivity index is 1.72. The van der Waals surface area contributed by atoms with Crippen molar-refractivity contribution >= 4 is 11.6 Å². The van der Waals surface area contributed by atoms with Crippen molar-refractivity contribution < 1.29 is 18.7 Å². The summed E-state index contributed by atoms with van der Waals surface area (Å²) in [6.07, 6.45) is 0. The first kappa shape index (κ1) is 17.1. The lowest BCUT2D eigenvalue weighted by molar-refractivity contribution is 0.0742. The molecular formula is C19H21FN2O3. The van der Waals surface area contributed by atoms with Crippen LogP contribution in [0.4, 0.5) is 10.1 Å². The molecule has 1 aliphatic heterocycles. The molecule has 6 heteroatoms. The average Bonchev–Trinajstić information content (AvgIpc) is 2.67. The maximum atomic E-state index is 13.5. The van der Waals surface area contributed by atoms with Gasteiger partial charge < -0.3 is 19.3 Å². The van der Waals surface area contributed by atoms with Crippen LogP contribution in [0.25, 0.3) is 0 Å². The number of ether oxygens (including phenoxy) is 2. The number of amides is 1. The number of carbonyl (C=O) groups excluding carboxylic acids is 1. The van der Waals surface area contributed by atoms with Crippen LogP contribution in [-0.4, -0.2) is 51.2 Å². The molecule has 0 spiro atoms. The third-order valence-electron chi connectivity index (χ3n) is 4.38. The Morgan fingerprint density at radius 2 is 1.64 bits per heavy atom. The molecule has 1 amide bonds. The Morgan fingerprint density at radius 1 is 0.960 bits per heavy atom. The lowest BCUT2D eigenvalue weighted by atomic mass is 10.1. The molecule has 2 aromatic carbocycles. The predicted molar refractivity (Wildman–Crippen MR) is 94.1 cm³/mol. The minimum atomic E-state index is -0.447. The minimum absolute atomic E-state index is 0.212. The number of piperazine rings is 1. The first-order valence-electron chi connectivity index (χ1n) is 8.15. The summed E-state index contributed by atoms with van der Waals surface area (Å²) in [6, 6.07) is 11.8. The number of methoxy groups -OCH3 is 2. The Labute approximate surface area is 146 Å². The van der Waals surface area contributed by atoms with E-state index in [9.17, 15) is 9.18 Å². The van der Waals surface area contributed by atoms with E-state index in [1.54, 1.807) is 12.0 Å². The van der Waals surface area contributed by atoms with Crippen LogP contribution >= 0.6 is 0 Å². The molecule has 0 aromatic heterocycles. The summed E-state index contributed by atoms with van der Waals surface area (Å²) < 4.78 is 24.1. The number of para-hydroxylation sites is 2. The Morgan fingerprint density at radius 3 is 2.32 bits per heavy atom. The van der Waals surface area contributed by atoms with E-state index in [1.165, 1.54) is 25.3 Å². The molecule has 0 radical (unpaired) electrons.